The Hall–Kier alpha value is -2.93. The van der Waals surface area contributed by atoms with Crippen LogP contribution in [0.15, 0.2) is 60.3 Å². The molecule has 0 heterocycles. The standard InChI is InChI=1S/C20H24N4/c1-23(2)19-11-16(12-20(13-19)24(3)4)10-17(14-21)15-22-18-8-6-5-7-9-18/h5-9,11-13,15,22H,10H2,1-4H3. The van der Waals surface area contributed by atoms with Gasteiger partial charge in [0.05, 0.1) is 6.07 Å². The largest absolute Gasteiger partial charge is 0.378 e. The summed E-state index contributed by atoms with van der Waals surface area (Å²) in [5.74, 6) is 0. The van der Waals surface area contributed by atoms with E-state index in [0.29, 0.717) is 12.0 Å². The summed E-state index contributed by atoms with van der Waals surface area (Å²) in [6.45, 7) is 0. The second-order valence-corrected chi connectivity index (χ2v) is 6.12. The van der Waals surface area contributed by atoms with Crippen molar-refractivity contribution in [2.75, 3.05) is 43.3 Å². The second-order valence-electron chi connectivity index (χ2n) is 6.12. The summed E-state index contributed by atoms with van der Waals surface area (Å²) in [7, 11) is 8.10. The van der Waals surface area contributed by atoms with Crippen LogP contribution in [-0.2, 0) is 6.42 Å². The van der Waals surface area contributed by atoms with Gasteiger partial charge in [-0.25, -0.2) is 0 Å². The number of rotatable bonds is 6. The van der Waals surface area contributed by atoms with Crippen LogP contribution in [0, 0.1) is 11.3 Å². The van der Waals surface area contributed by atoms with Crippen molar-refractivity contribution in [1.82, 2.24) is 0 Å². The highest BCUT2D eigenvalue weighted by molar-refractivity contribution is 5.61. The third-order valence-electron chi connectivity index (χ3n) is 3.72. The van der Waals surface area contributed by atoms with Gasteiger partial charge in [-0.1, -0.05) is 18.2 Å². The maximum Gasteiger partial charge on any atom is 0.0965 e. The van der Waals surface area contributed by atoms with E-state index in [9.17, 15) is 5.26 Å². The third kappa shape index (κ3) is 4.79. The first kappa shape index (κ1) is 17.4. The van der Waals surface area contributed by atoms with E-state index in [2.05, 4.69) is 39.4 Å². The Morgan fingerprint density at radius 2 is 1.58 bits per heavy atom. The lowest BCUT2D eigenvalue weighted by Gasteiger charge is -2.20. The van der Waals surface area contributed by atoms with Crippen LogP contribution in [0.25, 0.3) is 0 Å². The van der Waals surface area contributed by atoms with Crippen LogP contribution in [0.4, 0.5) is 17.1 Å². The molecule has 0 fully saturated rings. The highest BCUT2D eigenvalue weighted by Gasteiger charge is 2.07. The van der Waals surface area contributed by atoms with Gasteiger partial charge < -0.3 is 15.1 Å². The monoisotopic (exact) mass is 320 g/mol. The van der Waals surface area contributed by atoms with E-state index in [0.717, 1.165) is 22.6 Å². The first-order valence-electron chi connectivity index (χ1n) is 7.89. The quantitative estimate of drug-likeness (QED) is 0.820. The van der Waals surface area contributed by atoms with Crippen LogP contribution in [0.1, 0.15) is 5.56 Å². The molecule has 0 saturated heterocycles. The third-order valence-corrected chi connectivity index (χ3v) is 3.72. The summed E-state index contributed by atoms with van der Waals surface area (Å²) in [5, 5.41) is 12.6. The Morgan fingerprint density at radius 3 is 2.08 bits per heavy atom. The van der Waals surface area contributed by atoms with Gasteiger partial charge in [-0.2, -0.15) is 5.26 Å². The first-order chi connectivity index (χ1) is 11.5. The van der Waals surface area contributed by atoms with E-state index >= 15 is 0 Å². The second kappa shape index (κ2) is 8.07. The molecule has 0 unspecified atom stereocenters. The lowest BCUT2D eigenvalue weighted by Crippen LogP contribution is -2.13. The zero-order chi connectivity index (χ0) is 17.5. The Labute approximate surface area is 144 Å². The highest BCUT2D eigenvalue weighted by atomic mass is 15.1. The molecular formula is C20H24N4. The molecule has 4 heteroatoms. The van der Waals surface area contributed by atoms with Crippen molar-refractivity contribution >= 4 is 17.1 Å². The summed E-state index contributed by atoms with van der Waals surface area (Å²) in [4.78, 5) is 4.16. The molecule has 0 aromatic heterocycles. The van der Waals surface area contributed by atoms with E-state index in [1.165, 1.54) is 0 Å². The van der Waals surface area contributed by atoms with Gasteiger partial charge in [0.15, 0.2) is 0 Å². The molecule has 0 aliphatic carbocycles. The van der Waals surface area contributed by atoms with Gasteiger partial charge >= 0.3 is 0 Å². The number of benzene rings is 2. The van der Waals surface area contributed by atoms with Crippen LogP contribution >= 0.6 is 0 Å². The number of para-hydroxylation sites is 1. The molecule has 4 nitrogen and oxygen atoms in total. The minimum absolute atomic E-state index is 0.596. The number of nitrogens with one attached hydrogen (secondary N) is 1. The number of anilines is 3. The van der Waals surface area contributed by atoms with Crippen molar-refractivity contribution < 1.29 is 0 Å². The van der Waals surface area contributed by atoms with Gasteiger partial charge in [0, 0.05) is 63.4 Å². The maximum absolute atomic E-state index is 9.44. The zero-order valence-corrected chi connectivity index (χ0v) is 14.7. The molecule has 0 bridgehead atoms. The minimum atomic E-state index is 0.596. The Bertz CT molecular complexity index is 714. The Balaban J connectivity index is 2.22. The lowest BCUT2D eigenvalue weighted by molar-refractivity contribution is 1.08. The summed E-state index contributed by atoms with van der Waals surface area (Å²) in [6, 6.07) is 18.5. The Morgan fingerprint density at radius 1 is 1.00 bits per heavy atom. The van der Waals surface area contributed by atoms with Crippen molar-refractivity contribution in [2.45, 2.75) is 6.42 Å². The van der Waals surface area contributed by atoms with Crippen LogP contribution in [0.5, 0.6) is 0 Å². The molecule has 124 valence electrons. The van der Waals surface area contributed by atoms with E-state index in [-0.39, 0.29) is 0 Å². The van der Waals surface area contributed by atoms with Crippen molar-refractivity contribution in [1.29, 1.82) is 5.26 Å². The summed E-state index contributed by atoms with van der Waals surface area (Å²) in [5.41, 5.74) is 5.04. The van der Waals surface area contributed by atoms with E-state index in [1.807, 2.05) is 58.5 Å². The molecule has 1 N–H and O–H groups in total. The normalized spacial score (nSPS) is 10.9. The smallest absolute Gasteiger partial charge is 0.0965 e. The molecule has 2 rings (SSSR count). The van der Waals surface area contributed by atoms with Crippen molar-refractivity contribution in [2.24, 2.45) is 0 Å². The Kier molecular flexibility index (Phi) is 5.86. The van der Waals surface area contributed by atoms with Crippen LogP contribution in [0.3, 0.4) is 0 Å². The topological polar surface area (TPSA) is 42.3 Å². The maximum atomic E-state index is 9.44. The molecule has 0 aliphatic rings. The van der Waals surface area contributed by atoms with Gasteiger partial charge in [-0.05, 0) is 35.9 Å². The zero-order valence-electron chi connectivity index (χ0n) is 14.7. The molecule has 0 spiro atoms. The number of allylic oxidation sites excluding steroid dienone is 1. The number of nitriles is 1. The van der Waals surface area contributed by atoms with Gasteiger partial charge in [-0.15, -0.1) is 0 Å². The van der Waals surface area contributed by atoms with Crippen molar-refractivity contribution in [3.05, 3.63) is 65.9 Å². The number of nitrogens with zero attached hydrogens (tertiary/aromatic N) is 3. The highest BCUT2D eigenvalue weighted by Crippen LogP contribution is 2.24. The molecule has 24 heavy (non-hydrogen) atoms. The van der Waals surface area contributed by atoms with Gasteiger partial charge in [-0.3, -0.25) is 0 Å². The molecule has 0 saturated carbocycles. The lowest BCUT2D eigenvalue weighted by atomic mass is 10.0. The average Bonchev–Trinajstić information content (AvgIpc) is 2.59. The fourth-order valence-electron chi connectivity index (χ4n) is 2.32. The molecule has 0 radical (unpaired) electrons. The predicted octanol–water partition coefficient (Wildman–Crippen LogP) is 3.88. The fourth-order valence-corrected chi connectivity index (χ4v) is 2.32. The molecule has 2 aromatic rings. The van der Waals surface area contributed by atoms with Crippen LogP contribution in [0.2, 0.25) is 0 Å². The first-order valence-corrected chi connectivity index (χ1v) is 7.89. The molecule has 2 aromatic carbocycles. The SMILES string of the molecule is CN(C)c1cc(CC(C#N)=CNc2ccccc2)cc(N(C)C)c1. The summed E-state index contributed by atoms with van der Waals surface area (Å²) < 4.78 is 0. The van der Waals surface area contributed by atoms with E-state index < -0.39 is 0 Å². The summed E-state index contributed by atoms with van der Waals surface area (Å²) >= 11 is 0. The molecule has 0 amide bonds. The fraction of sp³-hybridized carbons (Fsp3) is 0.250. The number of hydrogen-bond donors (Lipinski definition) is 1. The minimum Gasteiger partial charge on any atom is -0.378 e. The van der Waals surface area contributed by atoms with E-state index in [1.54, 1.807) is 6.20 Å². The van der Waals surface area contributed by atoms with E-state index in [4.69, 9.17) is 0 Å². The average molecular weight is 320 g/mol. The van der Waals surface area contributed by atoms with Crippen LogP contribution < -0.4 is 15.1 Å². The molecule has 0 atom stereocenters. The van der Waals surface area contributed by atoms with Crippen molar-refractivity contribution in [3.63, 3.8) is 0 Å². The van der Waals surface area contributed by atoms with Crippen molar-refractivity contribution in [3.8, 4) is 6.07 Å². The molecule has 0 aliphatic heterocycles. The van der Waals surface area contributed by atoms with Gasteiger partial charge in [0.2, 0.25) is 0 Å². The number of hydrogen-bond acceptors (Lipinski definition) is 4. The van der Waals surface area contributed by atoms with Crippen LogP contribution in [-0.4, -0.2) is 28.2 Å². The summed E-state index contributed by atoms with van der Waals surface area (Å²) in [6.07, 6.45) is 2.38. The van der Waals surface area contributed by atoms with Gasteiger partial charge in [0.25, 0.3) is 0 Å². The molecular weight excluding hydrogens is 296 g/mol. The van der Waals surface area contributed by atoms with Gasteiger partial charge in [0.1, 0.15) is 0 Å². The predicted molar refractivity (Wildman–Crippen MR) is 103 cm³/mol.